The quantitative estimate of drug-likeness (QED) is 0.707. The van der Waals surface area contributed by atoms with Crippen LogP contribution in [0.2, 0.25) is 0 Å². The van der Waals surface area contributed by atoms with E-state index in [1.54, 1.807) is 7.11 Å². The number of hydrogen-bond donors (Lipinski definition) is 1. The summed E-state index contributed by atoms with van der Waals surface area (Å²) in [6, 6.07) is 10.1. The van der Waals surface area contributed by atoms with E-state index in [9.17, 15) is 4.79 Å². The van der Waals surface area contributed by atoms with Crippen molar-refractivity contribution in [1.29, 1.82) is 0 Å². The molecule has 2 heterocycles. The van der Waals surface area contributed by atoms with Gasteiger partial charge in [-0.15, -0.1) is 0 Å². The minimum absolute atomic E-state index is 0.0691. The Kier molecular flexibility index (Phi) is 6.76. The Morgan fingerprint density at radius 2 is 1.88 bits per heavy atom. The predicted molar refractivity (Wildman–Crippen MR) is 100 cm³/mol. The molecule has 7 heteroatoms. The van der Waals surface area contributed by atoms with E-state index in [0.29, 0.717) is 19.7 Å². The third-order valence-electron chi connectivity index (χ3n) is 4.52. The molecule has 3 rings (SSSR count). The van der Waals surface area contributed by atoms with Crippen LogP contribution in [-0.2, 0) is 16.1 Å². The van der Waals surface area contributed by atoms with Crippen LogP contribution in [0.4, 0.5) is 0 Å². The van der Waals surface area contributed by atoms with Crippen LogP contribution in [-0.4, -0.2) is 78.5 Å². The van der Waals surface area contributed by atoms with E-state index in [0.717, 1.165) is 38.4 Å². The highest BCUT2D eigenvalue weighted by Crippen LogP contribution is 2.11. The molecule has 1 fully saturated rings. The van der Waals surface area contributed by atoms with Gasteiger partial charge >= 0.3 is 0 Å². The molecule has 0 atom stereocenters. The molecule has 1 aromatic carbocycles. The second-order valence-electron chi connectivity index (χ2n) is 6.52. The number of carbonyl (C=O) groups excluding carboxylic acids is 1. The molecule has 1 amide bonds. The monoisotopic (exact) mass is 357 g/mol. The first-order valence-electron chi connectivity index (χ1n) is 9.04. The summed E-state index contributed by atoms with van der Waals surface area (Å²) in [7, 11) is 1.63. The summed E-state index contributed by atoms with van der Waals surface area (Å²) in [5, 5.41) is 7.33. The van der Waals surface area contributed by atoms with Crippen LogP contribution >= 0.6 is 0 Å². The standard InChI is InChI=1S/C19H27N5O2/c1-26-12-7-20-19(25)16-23-10-8-22(9-11-23)14-17-13-21-24(15-17)18-5-3-2-4-6-18/h2-6,13,15H,7-12,14,16H2,1H3,(H,20,25). The van der Waals surface area contributed by atoms with Crippen molar-refractivity contribution in [2.24, 2.45) is 0 Å². The molecule has 1 saturated heterocycles. The summed E-state index contributed by atoms with van der Waals surface area (Å²) in [6.45, 7) is 6.21. The number of methoxy groups -OCH3 is 1. The summed E-state index contributed by atoms with van der Waals surface area (Å²) >= 11 is 0. The summed E-state index contributed by atoms with van der Waals surface area (Å²) < 4.78 is 6.85. The maximum atomic E-state index is 11.9. The summed E-state index contributed by atoms with van der Waals surface area (Å²) in [5.41, 5.74) is 2.28. The molecule has 1 aromatic heterocycles. The van der Waals surface area contributed by atoms with Gasteiger partial charge in [-0.1, -0.05) is 18.2 Å². The SMILES string of the molecule is COCCNC(=O)CN1CCN(Cc2cnn(-c3ccccc3)c2)CC1. The van der Waals surface area contributed by atoms with Crippen LogP contribution in [0, 0.1) is 0 Å². The van der Waals surface area contributed by atoms with Crippen LogP contribution in [0.15, 0.2) is 42.7 Å². The normalized spacial score (nSPS) is 15.9. The Morgan fingerprint density at radius 1 is 1.15 bits per heavy atom. The van der Waals surface area contributed by atoms with Crippen molar-refractivity contribution < 1.29 is 9.53 Å². The highest BCUT2D eigenvalue weighted by Gasteiger charge is 2.19. The Morgan fingerprint density at radius 3 is 2.62 bits per heavy atom. The van der Waals surface area contributed by atoms with E-state index in [1.807, 2.05) is 41.2 Å². The van der Waals surface area contributed by atoms with Crippen LogP contribution in [0.5, 0.6) is 0 Å². The van der Waals surface area contributed by atoms with Crippen molar-refractivity contribution in [2.75, 3.05) is 53.0 Å². The molecule has 140 valence electrons. The summed E-state index contributed by atoms with van der Waals surface area (Å²) in [5.74, 6) is 0.0691. The number of amides is 1. The summed E-state index contributed by atoms with van der Waals surface area (Å²) in [4.78, 5) is 16.5. The van der Waals surface area contributed by atoms with E-state index in [4.69, 9.17) is 4.74 Å². The zero-order valence-corrected chi connectivity index (χ0v) is 15.3. The zero-order valence-electron chi connectivity index (χ0n) is 15.3. The van der Waals surface area contributed by atoms with E-state index in [2.05, 4.69) is 26.4 Å². The number of hydrogen-bond acceptors (Lipinski definition) is 5. The summed E-state index contributed by atoms with van der Waals surface area (Å²) in [6.07, 6.45) is 4.02. The predicted octanol–water partition coefficient (Wildman–Crippen LogP) is 0.753. The van der Waals surface area contributed by atoms with E-state index in [-0.39, 0.29) is 5.91 Å². The highest BCUT2D eigenvalue weighted by atomic mass is 16.5. The average Bonchev–Trinajstić information content (AvgIpc) is 3.13. The lowest BCUT2D eigenvalue weighted by Gasteiger charge is -2.34. The van der Waals surface area contributed by atoms with Gasteiger partial charge in [0, 0.05) is 58.1 Å². The van der Waals surface area contributed by atoms with Gasteiger partial charge in [-0.05, 0) is 12.1 Å². The fourth-order valence-electron chi connectivity index (χ4n) is 3.08. The number of nitrogens with zero attached hydrogens (tertiary/aromatic N) is 4. The molecule has 0 saturated carbocycles. The van der Waals surface area contributed by atoms with Gasteiger partial charge < -0.3 is 10.1 Å². The topological polar surface area (TPSA) is 62.6 Å². The minimum atomic E-state index is 0.0691. The molecule has 0 unspecified atom stereocenters. The molecule has 0 spiro atoms. The molecule has 7 nitrogen and oxygen atoms in total. The van der Waals surface area contributed by atoms with Crippen LogP contribution in [0.25, 0.3) is 5.69 Å². The molecule has 0 aliphatic carbocycles. The molecular formula is C19H27N5O2. The fourth-order valence-corrected chi connectivity index (χ4v) is 3.08. The lowest BCUT2D eigenvalue weighted by atomic mass is 10.2. The molecule has 2 aromatic rings. The third-order valence-corrected chi connectivity index (χ3v) is 4.52. The van der Waals surface area contributed by atoms with E-state index in [1.165, 1.54) is 5.56 Å². The van der Waals surface area contributed by atoms with Crippen molar-refractivity contribution in [3.63, 3.8) is 0 Å². The maximum Gasteiger partial charge on any atom is 0.234 e. The van der Waals surface area contributed by atoms with Gasteiger partial charge in [0.25, 0.3) is 0 Å². The van der Waals surface area contributed by atoms with Gasteiger partial charge in [0.1, 0.15) is 0 Å². The van der Waals surface area contributed by atoms with Gasteiger partial charge in [0.2, 0.25) is 5.91 Å². The highest BCUT2D eigenvalue weighted by molar-refractivity contribution is 5.78. The number of piperazine rings is 1. The van der Waals surface area contributed by atoms with Gasteiger partial charge in [-0.2, -0.15) is 5.10 Å². The Hall–Kier alpha value is -2.22. The lowest BCUT2D eigenvalue weighted by Crippen LogP contribution is -2.49. The van der Waals surface area contributed by atoms with Crippen LogP contribution in [0.3, 0.4) is 0 Å². The molecular weight excluding hydrogens is 330 g/mol. The first-order chi connectivity index (χ1) is 12.7. The first-order valence-corrected chi connectivity index (χ1v) is 9.04. The molecule has 26 heavy (non-hydrogen) atoms. The molecule has 1 N–H and O–H groups in total. The number of benzene rings is 1. The number of aromatic nitrogens is 2. The van der Waals surface area contributed by atoms with Gasteiger partial charge in [0.05, 0.1) is 25.0 Å². The minimum Gasteiger partial charge on any atom is -0.383 e. The van der Waals surface area contributed by atoms with Gasteiger partial charge in [-0.3, -0.25) is 14.6 Å². The fraction of sp³-hybridized carbons (Fsp3) is 0.474. The second kappa shape index (κ2) is 9.47. The molecule has 1 aliphatic heterocycles. The van der Waals surface area contributed by atoms with Crippen molar-refractivity contribution >= 4 is 5.91 Å². The number of carbonyl (C=O) groups is 1. The van der Waals surface area contributed by atoms with E-state index >= 15 is 0 Å². The average molecular weight is 357 g/mol. The van der Waals surface area contributed by atoms with E-state index < -0.39 is 0 Å². The number of rotatable bonds is 8. The van der Waals surface area contributed by atoms with Gasteiger partial charge in [0.15, 0.2) is 0 Å². The van der Waals surface area contributed by atoms with Crippen LogP contribution < -0.4 is 5.32 Å². The molecule has 0 bridgehead atoms. The lowest BCUT2D eigenvalue weighted by molar-refractivity contribution is -0.122. The van der Waals surface area contributed by atoms with Crippen molar-refractivity contribution in [3.05, 3.63) is 48.3 Å². The van der Waals surface area contributed by atoms with Crippen molar-refractivity contribution in [2.45, 2.75) is 6.54 Å². The zero-order chi connectivity index (χ0) is 18.2. The Balaban J connectivity index is 1.42. The smallest absolute Gasteiger partial charge is 0.234 e. The van der Waals surface area contributed by atoms with Crippen molar-refractivity contribution in [1.82, 2.24) is 24.9 Å². The Labute approximate surface area is 154 Å². The largest absolute Gasteiger partial charge is 0.383 e. The third kappa shape index (κ3) is 5.39. The van der Waals surface area contributed by atoms with Crippen molar-refractivity contribution in [3.8, 4) is 5.69 Å². The van der Waals surface area contributed by atoms with Gasteiger partial charge in [-0.25, -0.2) is 4.68 Å². The number of ether oxygens (including phenoxy) is 1. The molecule has 0 radical (unpaired) electrons. The number of para-hydroxylation sites is 1. The Bertz CT molecular complexity index is 680. The second-order valence-corrected chi connectivity index (χ2v) is 6.52. The first kappa shape index (κ1) is 18.6. The maximum absolute atomic E-state index is 11.9. The number of nitrogens with one attached hydrogen (secondary N) is 1. The van der Waals surface area contributed by atoms with Crippen LogP contribution in [0.1, 0.15) is 5.56 Å². The molecule has 1 aliphatic rings.